The summed E-state index contributed by atoms with van der Waals surface area (Å²) < 4.78 is 29.4. The number of aromatic nitrogens is 6. The van der Waals surface area contributed by atoms with Gasteiger partial charge in [0.25, 0.3) is 0 Å². The fourth-order valence-electron chi connectivity index (χ4n) is 2.39. The van der Waals surface area contributed by atoms with Crippen LogP contribution in [0, 0.1) is 0 Å². The van der Waals surface area contributed by atoms with Gasteiger partial charge in [-0.1, -0.05) is 18.5 Å². The Morgan fingerprint density at radius 3 is 2.74 bits per heavy atom. The molecular weight excluding hydrogens is 396 g/mol. The third-order valence-corrected chi connectivity index (χ3v) is 5.30. The molecule has 2 heterocycles. The van der Waals surface area contributed by atoms with E-state index in [2.05, 4.69) is 25.6 Å². The molecule has 2 aromatic heterocycles. The van der Waals surface area contributed by atoms with Crippen molar-refractivity contribution in [3.63, 3.8) is 0 Å². The highest BCUT2D eigenvalue weighted by Gasteiger charge is 2.24. The lowest BCUT2D eigenvalue weighted by atomic mass is 10.1. The number of tetrazole rings is 1. The molecule has 0 atom stereocenters. The Morgan fingerprint density at radius 1 is 1.37 bits per heavy atom. The van der Waals surface area contributed by atoms with E-state index < -0.39 is 15.8 Å². The number of nitrogens with zero attached hydrogens (tertiary/aromatic N) is 5. The van der Waals surface area contributed by atoms with Gasteiger partial charge in [-0.2, -0.15) is 9.90 Å². The number of aromatic amines is 1. The molecule has 0 saturated heterocycles. The lowest BCUT2D eigenvalue weighted by Crippen LogP contribution is -2.15. The predicted octanol–water partition coefficient (Wildman–Crippen LogP) is 1.28. The average Bonchev–Trinajstić information content (AvgIpc) is 3.27. The Morgan fingerprint density at radius 2 is 2.15 bits per heavy atom. The van der Waals surface area contributed by atoms with Crippen molar-refractivity contribution in [3.05, 3.63) is 46.4 Å². The van der Waals surface area contributed by atoms with Gasteiger partial charge in [0.15, 0.2) is 16.2 Å². The van der Waals surface area contributed by atoms with Crippen LogP contribution in [0.5, 0.6) is 5.88 Å². The number of carbonyl (C=O) groups is 1. The van der Waals surface area contributed by atoms with E-state index >= 15 is 0 Å². The quantitative estimate of drug-likeness (QED) is 0.601. The van der Waals surface area contributed by atoms with Crippen molar-refractivity contribution >= 4 is 27.4 Å². The molecule has 27 heavy (non-hydrogen) atoms. The van der Waals surface area contributed by atoms with Crippen molar-refractivity contribution in [3.8, 4) is 5.88 Å². The monoisotopic (exact) mass is 410 g/mol. The van der Waals surface area contributed by atoms with Crippen LogP contribution in [0.4, 0.5) is 0 Å². The van der Waals surface area contributed by atoms with Gasteiger partial charge in [-0.15, -0.1) is 10.2 Å². The third kappa shape index (κ3) is 4.14. The van der Waals surface area contributed by atoms with Gasteiger partial charge in [-0.3, -0.25) is 0 Å². The molecule has 0 aliphatic carbocycles. The first-order chi connectivity index (χ1) is 12.8. The SMILES string of the molecule is CCc1cc(OC(=O)c2ccc(S(C)(=O)=O)c(Cn3ncnn3)c2Cl)[nH]n1. The van der Waals surface area contributed by atoms with Crippen LogP contribution in [0.2, 0.25) is 5.02 Å². The minimum Gasteiger partial charge on any atom is -0.404 e. The summed E-state index contributed by atoms with van der Waals surface area (Å²) in [6, 6.07) is 4.20. The van der Waals surface area contributed by atoms with Gasteiger partial charge in [-0.25, -0.2) is 18.3 Å². The molecule has 1 aromatic carbocycles. The molecule has 10 nitrogen and oxygen atoms in total. The summed E-state index contributed by atoms with van der Waals surface area (Å²) in [5, 5.41) is 17.6. The standard InChI is InChI=1S/C15H15ClN6O4S/c1-3-9-6-13(20-19-9)26-15(23)10-4-5-12(27(2,24)25)11(14(10)16)7-22-18-8-17-21-22/h4-6,8H,3,7H2,1-2H3,(H,19,20). The van der Waals surface area contributed by atoms with E-state index in [9.17, 15) is 13.2 Å². The molecule has 0 aliphatic heterocycles. The third-order valence-electron chi connectivity index (χ3n) is 3.68. The highest BCUT2D eigenvalue weighted by Crippen LogP contribution is 2.29. The number of rotatable bonds is 6. The number of benzene rings is 1. The van der Waals surface area contributed by atoms with Crippen molar-refractivity contribution in [2.45, 2.75) is 24.8 Å². The second kappa shape index (κ2) is 7.45. The second-order valence-electron chi connectivity index (χ2n) is 5.61. The fraction of sp³-hybridized carbons (Fsp3) is 0.267. The summed E-state index contributed by atoms with van der Waals surface area (Å²) in [5.74, 6) is -0.584. The highest BCUT2D eigenvalue weighted by molar-refractivity contribution is 7.90. The average molecular weight is 411 g/mol. The molecule has 0 saturated carbocycles. The summed E-state index contributed by atoms with van der Waals surface area (Å²) in [5.41, 5.74) is 0.909. The molecule has 0 radical (unpaired) electrons. The Hall–Kier alpha value is -2.79. The molecule has 0 aliphatic rings. The van der Waals surface area contributed by atoms with E-state index in [1.165, 1.54) is 18.5 Å². The number of ether oxygens (including phenoxy) is 1. The summed E-state index contributed by atoms with van der Waals surface area (Å²) in [6.45, 7) is 1.83. The first-order valence-corrected chi connectivity index (χ1v) is 10.0. The maximum Gasteiger partial charge on any atom is 0.346 e. The van der Waals surface area contributed by atoms with Crippen molar-refractivity contribution in [1.82, 2.24) is 30.4 Å². The molecule has 0 spiro atoms. The van der Waals surface area contributed by atoms with Gasteiger partial charge in [0, 0.05) is 17.9 Å². The molecule has 3 aromatic rings. The lowest BCUT2D eigenvalue weighted by molar-refractivity contribution is 0.0727. The summed E-state index contributed by atoms with van der Waals surface area (Å²) in [4.78, 5) is 13.6. The van der Waals surface area contributed by atoms with Gasteiger partial charge in [0.1, 0.15) is 0 Å². The Kier molecular flexibility index (Phi) is 5.24. The van der Waals surface area contributed by atoms with Gasteiger partial charge < -0.3 is 4.74 Å². The number of esters is 1. The van der Waals surface area contributed by atoms with E-state index in [1.807, 2.05) is 6.92 Å². The molecule has 142 valence electrons. The predicted molar refractivity (Wildman–Crippen MR) is 94.4 cm³/mol. The van der Waals surface area contributed by atoms with Crippen LogP contribution < -0.4 is 4.74 Å². The number of aryl methyl sites for hydroxylation is 1. The summed E-state index contributed by atoms with van der Waals surface area (Å²) >= 11 is 6.35. The van der Waals surface area contributed by atoms with Crippen LogP contribution in [0.1, 0.15) is 28.5 Å². The molecule has 1 N–H and O–H groups in total. The number of nitrogens with one attached hydrogen (secondary N) is 1. The van der Waals surface area contributed by atoms with E-state index in [-0.39, 0.29) is 33.5 Å². The van der Waals surface area contributed by atoms with E-state index in [0.29, 0.717) is 6.42 Å². The number of hydrogen-bond acceptors (Lipinski definition) is 8. The number of H-pyrrole nitrogens is 1. The van der Waals surface area contributed by atoms with Gasteiger partial charge >= 0.3 is 5.97 Å². The summed E-state index contributed by atoms with van der Waals surface area (Å²) in [6.07, 6.45) is 2.93. The zero-order valence-corrected chi connectivity index (χ0v) is 16.0. The smallest absolute Gasteiger partial charge is 0.346 e. The maximum atomic E-state index is 12.5. The Bertz CT molecular complexity index is 1080. The van der Waals surface area contributed by atoms with Crippen molar-refractivity contribution in [1.29, 1.82) is 0 Å². The van der Waals surface area contributed by atoms with Crippen molar-refractivity contribution in [2.24, 2.45) is 0 Å². The van der Waals surface area contributed by atoms with E-state index in [0.717, 1.165) is 16.7 Å². The number of carbonyl (C=O) groups excluding carboxylic acids is 1. The van der Waals surface area contributed by atoms with Crippen LogP contribution in [0.25, 0.3) is 0 Å². The summed E-state index contributed by atoms with van der Waals surface area (Å²) in [7, 11) is -3.60. The fourth-order valence-corrected chi connectivity index (χ4v) is 3.68. The van der Waals surface area contributed by atoms with Crippen molar-refractivity contribution < 1.29 is 17.9 Å². The zero-order chi connectivity index (χ0) is 19.6. The minimum absolute atomic E-state index is 0.00632. The van der Waals surface area contributed by atoms with Crippen LogP contribution in [0.15, 0.2) is 29.4 Å². The van der Waals surface area contributed by atoms with Gasteiger partial charge in [0.05, 0.1) is 27.7 Å². The minimum atomic E-state index is -3.60. The number of sulfone groups is 1. The van der Waals surface area contributed by atoms with Crippen LogP contribution in [-0.4, -0.2) is 51.0 Å². The topological polar surface area (TPSA) is 133 Å². The first kappa shape index (κ1) is 19.0. The van der Waals surface area contributed by atoms with Crippen LogP contribution in [0.3, 0.4) is 0 Å². The molecule has 0 unspecified atom stereocenters. The van der Waals surface area contributed by atoms with Crippen LogP contribution in [-0.2, 0) is 22.8 Å². The number of halogens is 1. The molecule has 0 fully saturated rings. The first-order valence-electron chi connectivity index (χ1n) is 7.78. The Labute approximate surface area is 159 Å². The van der Waals surface area contributed by atoms with E-state index in [1.54, 1.807) is 6.07 Å². The molecular formula is C15H15ClN6O4S. The second-order valence-corrected chi connectivity index (χ2v) is 7.97. The molecule has 12 heteroatoms. The highest BCUT2D eigenvalue weighted by atomic mass is 35.5. The van der Waals surface area contributed by atoms with E-state index in [4.69, 9.17) is 16.3 Å². The van der Waals surface area contributed by atoms with Crippen molar-refractivity contribution in [2.75, 3.05) is 6.26 Å². The molecule has 3 rings (SSSR count). The largest absolute Gasteiger partial charge is 0.404 e. The Balaban J connectivity index is 1.99. The van der Waals surface area contributed by atoms with Crippen LogP contribution >= 0.6 is 11.6 Å². The maximum absolute atomic E-state index is 12.5. The normalized spacial score (nSPS) is 11.5. The molecule has 0 amide bonds. The van der Waals surface area contributed by atoms with Gasteiger partial charge in [-0.05, 0) is 23.8 Å². The van der Waals surface area contributed by atoms with Gasteiger partial charge in [0.2, 0.25) is 5.88 Å². The molecule has 0 bridgehead atoms. The zero-order valence-electron chi connectivity index (χ0n) is 14.4. The lowest BCUT2D eigenvalue weighted by Gasteiger charge is -2.12. The number of hydrogen-bond donors (Lipinski definition) is 1.